The molecular formula is C23H32N4O3SSi. The fourth-order valence-electron chi connectivity index (χ4n) is 3.21. The minimum atomic E-state index is -1.11. The monoisotopic (exact) mass is 472 g/mol. The first-order valence-electron chi connectivity index (χ1n) is 11.0. The average molecular weight is 473 g/mol. The van der Waals surface area contributed by atoms with E-state index in [2.05, 4.69) is 41.5 Å². The molecular weight excluding hydrogens is 440 g/mol. The molecule has 0 fully saturated rings. The molecule has 0 unspecified atom stereocenters. The molecule has 0 saturated carbocycles. The summed E-state index contributed by atoms with van der Waals surface area (Å²) in [6.07, 6.45) is 8.62. The van der Waals surface area contributed by atoms with Crippen LogP contribution in [-0.2, 0) is 21.0 Å². The molecule has 7 nitrogen and oxygen atoms in total. The molecule has 3 rings (SSSR count). The number of nitrogens with zero attached hydrogens (tertiary/aromatic N) is 4. The molecule has 0 amide bonds. The number of esters is 1. The number of hydrogen-bond donors (Lipinski definition) is 0. The molecule has 0 atom stereocenters. The van der Waals surface area contributed by atoms with Crippen LogP contribution in [0.3, 0.4) is 0 Å². The first kappa shape index (κ1) is 24.3. The lowest BCUT2D eigenvalue weighted by Crippen LogP contribution is -2.22. The lowest BCUT2D eigenvalue weighted by atomic mass is 10.1. The van der Waals surface area contributed by atoms with Crippen LogP contribution in [-0.4, -0.2) is 46.8 Å². The topological polar surface area (TPSA) is 79.1 Å². The molecule has 32 heavy (non-hydrogen) atoms. The second-order valence-corrected chi connectivity index (χ2v) is 15.4. The maximum Gasteiger partial charge on any atom is 0.331 e. The van der Waals surface area contributed by atoms with E-state index in [9.17, 15) is 4.79 Å². The summed E-state index contributed by atoms with van der Waals surface area (Å²) in [6.45, 7) is 12.5. The molecule has 0 aliphatic rings. The molecule has 0 aliphatic heterocycles. The van der Waals surface area contributed by atoms with Crippen molar-refractivity contribution in [2.45, 2.75) is 59.1 Å². The molecule has 3 aromatic rings. The highest BCUT2D eigenvalue weighted by molar-refractivity contribution is 7.16. The van der Waals surface area contributed by atoms with Crippen LogP contribution in [0, 0.1) is 0 Å². The Morgan fingerprint density at radius 1 is 1.22 bits per heavy atom. The van der Waals surface area contributed by atoms with Gasteiger partial charge in [0.15, 0.2) is 0 Å². The summed E-state index contributed by atoms with van der Waals surface area (Å²) in [5.74, 6) is -0.330. The van der Waals surface area contributed by atoms with Gasteiger partial charge in [0.05, 0.1) is 17.2 Å². The molecule has 0 spiro atoms. The van der Waals surface area contributed by atoms with Gasteiger partial charge in [-0.15, -0.1) is 11.3 Å². The van der Waals surface area contributed by atoms with Crippen LogP contribution in [0.15, 0.2) is 30.9 Å². The zero-order chi connectivity index (χ0) is 23.1. The number of carbonyl (C=O) groups is 1. The van der Waals surface area contributed by atoms with Crippen LogP contribution in [0.1, 0.15) is 31.7 Å². The van der Waals surface area contributed by atoms with Crippen molar-refractivity contribution in [2.24, 2.45) is 0 Å². The van der Waals surface area contributed by atoms with Crippen molar-refractivity contribution in [3.63, 3.8) is 0 Å². The van der Waals surface area contributed by atoms with Crippen molar-refractivity contribution in [1.29, 1.82) is 0 Å². The van der Waals surface area contributed by atoms with Gasteiger partial charge in [-0.3, -0.25) is 0 Å². The van der Waals surface area contributed by atoms with Gasteiger partial charge >= 0.3 is 5.97 Å². The van der Waals surface area contributed by atoms with Crippen LogP contribution in [0.2, 0.25) is 25.7 Å². The van der Waals surface area contributed by atoms with Gasteiger partial charge < -0.3 is 14.0 Å². The molecule has 0 N–H and O–H groups in total. The SMILES string of the molecule is CCCC(=CC(=O)OCC)c1ncc(-c2ncnc3c2ccn3COCC[Si](C)(C)C)s1. The largest absolute Gasteiger partial charge is 0.463 e. The van der Waals surface area contributed by atoms with Crippen LogP contribution >= 0.6 is 11.3 Å². The predicted molar refractivity (Wildman–Crippen MR) is 132 cm³/mol. The minimum Gasteiger partial charge on any atom is -0.463 e. The third-order valence-corrected chi connectivity index (χ3v) is 7.68. The van der Waals surface area contributed by atoms with Gasteiger partial charge in [0, 0.05) is 38.5 Å². The molecule has 3 aromatic heterocycles. The first-order chi connectivity index (χ1) is 15.3. The number of fused-ring (bicyclic) bond motifs is 1. The van der Waals surface area contributed by atoms with Crippen molar-refractivity contribution < 1.29 is 14.3 Å². The lowest BCUT2D eigenvalue weighted by molar-refractivity contribution is -0.137. The van der Waals surface area contributed by atoms with Gasteiger partial charge in [0.2, 0.25) is 0 Å². The van der Waals surface area contributed by atoms with Gasteiger partial charge in [0.1, 0.15) is 23.7 Å². The quantitative estimate of drug-likeness (QED) is 0.156. The Balaban J connectivity index is 1.82. The third-order valence-electron chi connectivity index (χ3n) is 4.89. The maximum atomic E-state index is 12.0. The summed E-state index contributed by atoms with van der Waals surface area (Å²) in [7, 11) is -1.11. The molecule has 0 aliphatic carbocycles. The van der Waals surface area contributed by atoms with Crippen molar-refractivity contribution in [1.82, 2.24) is 19.5 Å². The van der Waals surface area contributed by atoms with E-state index in [-0.39, 0.29) is 5.97 Å². The third kappa shape index (κ3) is 6.33. The highest BCUT2D eigenvalue weighted by Gasteiger charge is 2.16. The van der Waals surface area contributed by atoms with Gasteiger partial charge in [-0.25, -0.2) is 19.7 Å². The first-order valence-corrected chi connectivity index (χ1v) is 15.6. The minimum absolute atomic E-state index is 0.330. The van der Waals surface area contributed by atoms with E-state index < -0.39 is 8.07 Å². The molecule has 9 heteroatoms. The number of carbonyl (C=O) groups excluding carboxylic acids is 1. The van der Waals surface area contributed by atoms with E-state index in [1.54, 1.807) is 19.3 Å². The Kier molecular flexibility index (Phi) is 8.33. The fourth-order valence-corrected chi connectivity index (χ4v) is 4.94. The number of thiazole rings is 1. The highest BCUT2D eigenvalue weighted by atomic mass is 32.1. The Morgan fingerprint density at radius 3 is 2.75 bits per heavy atom. The zero-order valence-electron chi connectivity index (χ0n) is 19.6. The van der Waals surface area contributed by atoms with Gasteiger partial charge in [-0.1, -0.05) is 33.0 Å². The second kappa shape index (κ2) is 11.0. The van der Waals surface area contributed by atoms with Gasteiger partial charge in [0.25, 0.3) is 0 Å². The van der Waals surface area contributed by atoms with E-state index in [1.807, 2.05) is 23.0 Å². The summed E-state index contributed by atoms with van der Waals surface area (Å²) < 4.78 is 13.0. The predicted octanol–water partition coefficient (Wildman–Crippen LogP) is 5.61. The standard InChI is InChI=1S/C23H32N4O3SSi/c1-6-8-17(13-20(28)30-7-2)23-24-14-19(31-23)21-18-9-10-27(22(18)26-15-25-21)16-29-11-12-32(3,4)5/h9-10,13-15H,6-8,11-12,16H2,1-5H3. The van der Waals surface area contributed by atoms with Crippen molar-refractivity contribution in [2.75, 3.05) is 13.2 Å². The van der Waals surface area contributed by atoms with Crippen LogP contribution in [0.4, 0.5) is 0 Å². The average Bonchev–Trinajstić information content (AvgIpc) is 3.38. The van der Waals surface area contributed by atoms with Crippen LogP contribution < -0.4 is 0 Å². The Morgan fingerprint density at radius 2 is 2.03 bits per heavy atom. The Bertz CT molecular complexity index is 1080. The summed E-state index contributed by atoms with van der Waals surface area (Å²) in [4.78, 5) is 26.5. The molecule has 172 valence electrons. The number of hydrogen-bond acceptors (Lipinski definition) is 7. The summed E-state index contributed by atoms with van der Waals surface area (Å²) >= 11 is 1.53. The maximum absolute atomic E-state index is 12.0. The summed E-state index contributed by atoms with van der Waals surface area (Å²) in [5.41, 5.74) is 2.57. The van der Waals surface area contributed by atoms with Crippen molar-refractivity contribution in [3.05, 3.63) is 35.9 Å². The number of aromatic nitrogens is 4. The van der Waals surface area contributed by atoms with E-state index in [4.69, 9.17) is 9.47 Å². The normalized spacial score (nSPS) is 12.5. The highest BCUT2D eigenvalue weighted by Crippen LogP contribution is 2.34. The van der Waals surface area contributed by atoms with Crippen molar-refractivity contribution in [3.8, 4) is 10.6 Å². The number of ether oxygens (including phenoxy) is 2. The number of rotatable bonds is 11. The van der Waals surface area contributed by atoms with E-state index >= 15 is 0 Å². The molecule has 0 bridgehead atoms. The molecule has 0 radical (unpaired) electrons. The van der Waals surface area contributed by atoms with E-state index in [0.29, 0.717) is 13.3 Å². The zero-order valence-corrected chi connectivity index (χ0v) is 21.4. The fraction of sp³-hybridized carbons (Fsp3) is 0.478. The van der Waals surface area contributed by atoms with Crippen LogP contribution in [0.5, 0.6) is 0 Å². The molecule has 0 saturated heterocycles. The smallest absolute Gasteiger partial charge is 0.331 e. The molecule has 0 aromatic carbocycles. The Labute approximate surface area is 194 Å². The number of allylic oxidation sites excluding steroid dienone is 1. The molecule has 3 heterocycles. The summed E-state index contributed by atoms with van der Waals surface area (Å²) in [6, 6.07) is 3.16. The lowest BCUT2D eigenvalue weighted by Gasteiger charge is -2.15. The van der Waals surface area contributed by atoms with Crippen molar-refractivity contribution >= 4 is 42.0 Å². The van der Waals surface area contributed by atoms with E-state index in [0.717, 1.165) is 57.7 Å². The van der Waals surface area contributed by atoms with Crippen LogP contribution in [0.25, 0.3) is 27.2 Å². The summed E-state index contributed by atoms with van der Waals surface area (Å²) in [5, 5.41) is 1.78. The van der Waals surface area contributed by atoms with Gasteiger partial charge in [-0.05, 0) is 31.0 Å². The van der Waals surface area contributed by atoms with Gasteiger partial charge in [-0.2, -0.15) is 0 Å². The Hall–Kier alpha value is -2.36. The van der Waals surface area contributed by atoms with E-state index in [1.165, 1.54) is 11.3 Å². The second-order valence-electron chi connectivity index (χ2n) is 8.79.